The second kappa shape index (κ2) is 6.75. The summed E-state index contributed by atoms with van der Waals surface area (Å²) in [6.45, 7) is 2.92. The van der Waals surface area contributed by atoms with Crippen LogP contribution in [0.5, 0.6) is 0 Å². The van der Waals surface area contributed by atoms with Gasteiger partial charge in [0.1, 0.15) is 11.6 Å². The van der Waals surface area contributed by atoms with Gasteiger partial charge in [-0.2, -0.15) is 0 Å². The van der Waals surface area contributed by atoms with Crippen molar-refractivity contribution in [2.75, 3.05) is 12.3 Å². The van der Waals surface area contributed by atoms with Gasteiger partial charge in [0.2, 0.25) is 0 Å². The van der Waals surface area contributed by atoms with Crippen LogP contribution in [-0.2, 0) is 6.42 Å². The number of hydrogen-bond acceptors (Lipinski definition) is 3. The zero-order valence-corrected chi connectivity index (χ0v) is 13.1. The minimum Gasteiger partial charge on any atom is -0.384 e. The van der Waals surface area contributed by atoms with Gasteiger partial charge in [0.15, 0.2) is 0 Å². The van der Waals surface area contributed by atoms with E-state index in [2.05, 4.69) is 29.4 Å². The maximum absolute atomic E-state index is 13.2. The third-order valence-corrected chi connectivity index (χ3v) is 3.99. The molecule has 4 heteroatoms. The first-order valence-electron chi connectivity index (χ1n) is 7.76. The first-order valence-corrected chi connectivity index (χ1v) is 7.76. The van der Waals surface area contributed by atoms with Crippen molar-refractivity contribution in [3.05, 3.63) is 71.5 Å². The van der Waals surface area contributed by atoms with Crippen molar-refractivity contribution in [3.8, 4) is 0 Å². The molecule has 3 aromatic rings. The standard InChI is InChI=1S/C19H20FN3/c1-13(22-10-9-14-3-2-4-17(20)11-14)15-5-7-18-16(12-15)6-8-19(21)23-18/h2-8,11-13,22H,9-10H2,1H3,(H2,21,23). The lowest BCUT2D eigenvalue weighted by molar-refractivity contribution is 0.575. The predicted octanol–water partition coefficient (Wildman–Crippen LogP) is 3.85. The Labute approximate surface area is 135 Å². The molecule has 3 nitrogen and oxygen atoms in total. The smallest absolute Gasteiger partial charge is 0.124 e. The van der Waals surface area contributed by atoms with Crippen molar-refractivity contribution in [1.29, 1.82) is 0 Å². The second-order valence-corrected chi connectivity index (χ2v) is 5.74. The van der Waals surface area contributed by atoms with Crippen LogP contribution in [0.25, 0.3) is 10.9 Å². The summed E-state index contributed by atoms with van der Waals surface area (Å²) in [4.78, 5) is 4.31. The van der Waals surface area contributed by atoms with Crippen molar-refractivity contribution in [2.45, 2.75) is 19.4 Å². The number of nitrogen functional groups attached to an aromatic ring is 1. The Bertz CT molecular complexity index is 817. The molecule has 1 heterocycles. The van der Waals surface area contributed by atoms with E-state index in [-0.39, 0.29) is 11.9 Å². The van der Waals surface area contributed by atoms with Crippen molar-refractivity contribution >= 4 is 16.7 Å². The molecule has 0 saturated carbocycles. The molecule has 2 aromatic carbocycles. The molecular formula is C19H20FN3. The molecule has 0 fully saturated rings. The molecule has 0 aliphatic heterocycles. The van der Waals surface area contributed by atoms with Crippen LogP contribution in [-0.4, -0.2) is 11.5 Å². The van der Waals surface area contributed by atoms with Crippen molar-refractivity contribution in [1.82, 2.24) is 10.3 Å². The fourth-order valence-corrected chi connectivity index (χ4v) is 2.67. The highest BCUT2D eigenvalue weighted by molar-refractivity contribution is 5.80. The zero-order valence-electron chi connectivity index (χ0n) is 13.1. The molecule has 3 N–H and O–H groups in total. The Morgan fingerprint density at radius 3 is 2.83 bits per heavy atom. The number of pyridine rings is 1. The molecule has 23 heavy (non-hydrogen) atoms. The molecule has 0 radical (unpaired) electrons. The number of fused-ring (bicyclic) bond motifs is 1. The second-order valence-electron chi connectivity index (χ2n) is 5.74. The Hall–Kier alpha value is -2.46. The van der Waals surface area contributed by atoms with Crippen molar-refractivity contribution in [3.63, 3.8) is 0 Å². The maximum Gasteiger partial charge on any atom is 0.124 e. The van der Waals surface area contributed by atoms with Gasteiger partial charge in [-0.1, -0.05) is 18.2 Å². The summed E-state index contributed by atoms with van der Waals surface area (Å²) in [5.41, 5.74) is 8.81. The molecular weight excluding hydrogens is 289 g/mol. The summed E-state index contributed by atoms with van der Waals surface area (Å²) in [5.74, 6) is 0.350. The SMILES string of the molecule is CC(NCCc1cccc(F)c1)c1ccc2nc(N)ccc2c1. The molecule has 3 rings (SSSR count). The quantitative estimate of drug-likeness (QED) is 0.752. The van der Waals surface area contributed by atoms with Gasteiger partial charge in [0, 0.05) is 11.4 Å². The van der Waals surface area contributed by atoms with Crippen molar-refractivity contribution in [2.24, 2.45) is 0 Å². The van der Waals surface area contributed by atoms with Gasteiger partial charge in [0.05, 0.1) is 5.52 Å². The van der Waals surface area contributed by atoms with E-state index >= 15 is 0 Å². The zero-order chi connectivity index (χ0) is 16.2. The number of anilines is 1. The van der Waals surface area contributed by atoms with Crippen LogP contribution < -0.4 is 11.1 Å². The molecule has 0 aliphatic rings. The number of aromatic nitrogens is 1. The Balaban J connectivity index is 1.63. The van der Waals surface area contributed by atoms with E-state index in [0.717, 1.165) is 29.4 Å². The summed E-state index contributed by atoms with van der Waals surface area (Å²) < 4.78 is 13.2. The minimum absolute atomic E-state index is 0.183. The average molecular weight is 309 g/mol. The summed E-state index contributed by atoms with van der Waals surface area (Å²) in [6, 6.07) is 16.9. The van der Waals surface area contributed by atoms with Crippen LogP contribution in [0.3, 0.4) is 0 Å². The van der Waals surface area contributed by atoms with Gasteiger partial charge >= 0.3 is 0 Å². The fourth-order valence-electron chi connectivity index (χ4n) is 2.67. The molecule has 0 aliphatic carbocycles. The number of halogens is 1. The van der Waals surface area contributed by atoms with E-state index in [0.29, 0.717) is 5.82 Å². The average Bonchev–Trinajstić information content (AvgIpc) is 2.54. The summed E-state index contributed by atoms with van der Waals surface area (Å²) >= 11 is 0. The number of benzene rings is 2. The predicted molar refractivity (Wildman–Crippen MR) is 92.7 cm³/mol. The lowest BCUT2D eigenvalue weighted by atomic mass is 10.0. The van der Waals surface area contributed by atoms with E-state index < -0.39 is 0 Å². The van der Waals surface area contributed by atoms with E-state index in [1.807, 2.05) is 24.3 Å². The third-order valence-electron chi connectivity index (χ3n) is 3.99. The molecule has 0 bridgehead atoms. The third kappa shape index (κ3) is 3.85. The van der Waals surface area contributed by atoms with Gasteiger partial charge in [0.25, 0.3) is 0 Å². The Morgan fingerprint density at radius 2 is 2.00 bits per heavy atom. The summed E-state index contributed by atoms with van der Waals surface area (Å²) in [7, 11) is 0. The number of nitrogens with two attached hydrogens (primary N) is 1. The van der Waals surface area contributed by atoms with Crippen LogP contribution in [0, 0.1) is 5.82 Å². The number of nitrogens with one attached hydrogen (secondary N) is 1. The number of rotatable bonds is 5. The van der Waals surface area contributed by atoms with E-state index in [9.17, 15) is 4.39 Å². The Kier molecular flexibility index (Phi) is 4.53. The number of nitrogens with zero attached hydrogens (tertiary/aromatic N) is 1. The molecule has 1 atom stereocenters. The maximum atomic E-state index is 13.2. The highest BCUT2D eigenvalue weighted by Crippen LogP contribution is 2.20. The van der Waals surface area contributed by atoms with E-state index in [1.165, 1.54) is 11.6 Å². The van der Waals surface area contributed by atoms with E-state index in [4.69, 9.17) is 5.73 Å². The van der Waals surface area contributed by atoms with Crippen molar-refractivity contribution < 1.29 is 4.39 Å². The van der Waals surface area contributed by atoms with Gasteiger partial charge in [-0.15, -0.1) is 0 Å². The van der Waals surface area contributed by atoms with Crippen LogP contribution in [0.15, 0.2) is 54.6 Å². The fraction of sp³-hybridized carbons (Fsp3) is 0.211. The highest BCUT2D eigenvalue weighted by Gasteiger charge is 2.06. The van der Waals surface area contributed by atoms with Crippen LogP contribution in [0.2, 0.25) is 0 Å². The molecule has 1 aromatic heterocycles. The summed E-state index contributed by atoms with van der Waals surface area (Å²) in [5, 5.41) is 4.55. The van der Waals surface area contributed by atoms with Gasteiger partial charge in [-0.25, -0.2) is 9.37 Å². The largest absolute Gasteiger partial charge is 0.384 e. The highest BCUT2D eigenvalue weighted by atomic mass is 19.1. The lowest BCUT2D eigenvalue weighted by Crippen LogP contribution is -2.21. The first kappa shape index (κ1) is 15.4. The summed E-state index contributed by atoms with van der Waals surface area (Å²) in [6.07, 6.45) is 0.799. The molecule has 118 valence electrons. The Morgan fingerprint density at radius 1 is 1.13 bits per heavy atom. The van der Waals surface area contributed by atoms with Crippen LogP contribution >= 0.6 is 0 Å². The van der Waals surface area contributed by atoms with Gasteiger partial charge < -0.3 is 11.1 Å². The molecule has 0 spiro atoms. The van der Waals surface area contributed by atoms with Gasteiger partial charge in [-0.3, -0.25) is 0 Å². The molecule has 0 saturated heterocycles. The topological polar surface area (TPSA) is 50.9 Å². The normalized spacial score (nSPS) is 12.4. The molecule has 0 amide bonds. The monoisotopic (exact) mass is 309 g/mol. The van der Waals surface area contributed by atoms with Crippen LogP contribution in [0.1, 0.15) is 24.1 Å². The lowest BCUT2D eigenvalue weighted by Gasteiger charge is -2.15. The van der Waals surface area contributed by atoms with Gasteiger partial charge in [-0.05, 0) is 67.4 Å². The number of hydrogen-bond donors (Lipinski definition) is 2. The minimum atomic E-state index is -0.183. The molecule has 1 unspecified atom stereocenters. The van der Waals surface area contributed by atoms with E-state index in [1.54, 1.807) is 12.1 Å². The van der Waals surface area contributed by atoms with Crippen LogP contribution in [0.4, 0.5) is 10.2 Å². The first-order chi connectivity index (χ1) is 11.1.